The molecule has 20 rings (SSSR count). The van der Waals surface area contributed by atoms with Gasteiger partial charge < -0.3 is 62.9 Å². The van der Waals surface area contributed by atoms with E-state index in [1.807, 2.05) is 50.2 Å². The zero-order chi connectivity index (χ0) is 94.4. The predicted molar refractivity (Wildman–Crippen MR) is 501 cm³/mol. The number of carboxylic acid groups (broad SMARTS) is 1. The molecule has 0 aliphatic carbocycles. The quantitative estimate of drug-likeness (QED) is 0.0275. The van der Waals surface area contributed by atoms with Crippen molar-refractivity contribution < 1.29 is 72.9 Å². The van der Waals surface area contributed by atoms with E-state index in [0.717, 1.165) is 78.3 Å². The van der Waals surface area contributed by atoms with Crippen molar-refractivity contribution in [2.24, 2.45) is 0 Å². The van der Waals surface area contributed by atoms with Gasteiger partial charge >= 0.3 is 17.9 Å². The van der Waals surface area contributed by atoms with Gasteiger partial charge in [0, 0.05) is 110 Å². The van der Waals surface area contributed by atoms with Crippen LogP contribution in [0.3, 0.4) is 0 Å². The highest BCUT2D eigenvalue weighted by Crippen LogP contribution is 2.46. The molecule has 0 spiro atoms. The van der Waals surface area contributed by atoms with Crippen LogP contribution in [0.15, 0.2) is 236 Å². The number of aromatic nitrogens is 12. The number of halogens is 6. The summed E-state index contributed by atoms with van der Waals surface area (Å²) < 4.78 is 136. The Hall–Kier alpha value is -15.9. The Morgan fingerprint density at radius 3 is 1.38 bits per heavy atom. The van der Waals surface area contributed by atoms with Gasteiger partial charge in [0.25, 0.3) is 28.1 Å². The minimum Gasteiger partial charge on any atom is -0.477 e. The number of rotatable bonds is 20. The third-order valence-electron chi connectivity index (χ3n) is 22.2. The number of aryl methyl sites for hydroxylation is 2. The summed E-state index contributed by atoms with van der Waals surface area (Å²) in [5.74, 6) is -7.34. The van der Waals surface area contributed by atoms with Crippen LogP contribution in [0.25, 0.3) is 130 Å². The molecule has 13 heterocycles. The normalized spacial score (nSPS) is 11.5. The second-order valence-electron chi connectivity index (χ2n) is 30.4. The lowest BCUT2D eigenvalue weighted by atomic mass is 10.0. The van der Waals surface area contributed by atoms with Crippen molar-refractivity contribution in [3.8, 4) is 44.5 Å². The van der Waals surface area contributed by atoms with Crippen LogP contribution < -0.4 is 32.7 Å². The van der Waals surface area contributed by atoms with Crippen molar-refractivity contribution in [1.29, 1.82) is 0 Å². The monoisotopic (exact) mass is 1890 g/mol. The number of carbonyl (C=O) groups is 4. The van der Waals surface area contributed by atoms with Crippen molar-refractivity contribution in [2.75, 3.05) is 25.2 Å². The SMILES string of the molecule is CCOC(=O)c1c(-c2ccc[nH]c2=O)c2c3nc(C)sc3ccc2n1Cc1ccc(F)cc1F.CCOC(=O)c1c(-c2ccc[nH]c2=O)c2c3ncsc3ccc2n1Cc1ccc(F)cc1F.CCc1coc2c1ccc1c2c(-c2ccc[nH]c2=O)c(C(=O)O)n1Cc1cc(F)ccc1F.CS(=O)(=O)NC(=O)c1c(-c2ccc[nH]c2=O)c2c3ncsc3ccc2n1Cc1ccnc(N)c1. The minimum absolute atomic E-state index is 0.0169. The number of anilines is 1. The standard InChI is InChI=1S/C25H19F2N3O3S.C25H18F2N2O4.C24H17F2N3O3S.C22H18N6O4S2/c1-3-33-25(32)23-20(16-5-4-10-28-24(16)31)21-18(8-9-19-22(21)29-13(2)34-19)30(23)12-14-6-7-15(26)11-17(14)27;1-2-13-12-33-23-16(13)6-8-19-21(23)20(17-4-3-9-28-24(17)30)22(25(31)32)29(19)11-14-10-15(26)5-7-18(14)27;1-2-32-24(31)22-19(15-4-3-9-27-23(15)30)20-17(7-8-18-21(20)28-12-33-18)29(22)11-13-5-6-14(25)10-16(13)26;1-34(31,32)27-22(30)20-17(13-3-2-7-25-21(13)29)18-14(4-5-15-19(18)26-11-33-15)28(20)10-12-6-8-24-16(23)9-12/h4-11H,3,12H2,1-2H3,(H,28,31);3-10,12H,2,11H2,1H3,(H,28,30)(H,31,32);3-10,12H,2,11H2,1H3,(H,27,30);2-9,11H,10H2,1H3,(H2,23,24)(H,25,29)(H,27,30). The number of pyridine rings is 5. The zero-order valence-corrected chi connectivity index (χ0v) is 74.2. The number of aromatic amines is 4. The van der Waals surface area contributed by atoms with Gasteiger partial charge in [-0.2, -0.15) is 0 Å². The van der Waals surface area contributed by atoms with Gasteiger partial charge in [0.1, 0.15) is 69.1 Å². The fourth-order valence-electron chi connectivity index (χ4n) is 16.7. The molecule has 0 aliphatic heterocycles. The summed E-state index contributed by atoms with van der Waals surface area (Å²) in [6.45, 7) is 7.21. The molecule has 0 saturated heterocycles. The second kappa shape index (κ2) is 37.1. The number of H-pyrrole nitrogens is 4. The number of ether oxygens (including phenoxy) is 2. The second-order valence-corrected chi connectivity index (χ2v) is 35.2. The van der Waals surface area contributed by atoms with Gasteiger partial charge in [-0.1, -0.05) is 19.1 Å². The van der Waals surface area contributed by atoms with Crippen LogP contribution in [-0.2, 0) is 52.1 Å². The Kier molecular flexibility index (Phi) is 25.0. The summed E-state index contributed by atoms with van der Waals surface area (Å²) in [6.07, 6.45) is 10.7. The molecule has 0 fully saturated rings. The largest absolute Gasteiger partial charge is 0.477 e. The topological polar surface area (TPSA) is 395 Å². The number of thiazole rings is 3. The summed E-state index contributed by atoms with van der Waals surface area (Å²) >= 11 is 4.34. The van der Waals surface area contributed by atoms with Crippen molar-refractivity contribution in [2.45, 2.75) is 60.3 Å². The molecule has 0 atom stereocenters. The Labute approximate surface area is 763 Å². The van der Waals surface area contributed by atoms with Crippen molar-refractivity contribution >= 4 is 159 Å². The lowest BCUT2D eigenvalue weighted by Gasteiger charge is -2.12. The fourth-order valence-corrected chi connectivity index (χ4v) is 19.3. The number of fused-ring (bicyclic) bond motifs is 12. The number of furan rings is 1. The third kappa shape index (κ3) is 17.2. The molecule has 28 nitrogen and oxygen atoms in total. The Morgan fingerprint density at radius 2 is 0.918 bits per heavy atom. The van der Waals surface area contributed by atoms with E-state index < -0.39 is 79.9 Å². The molecule has 0 bridgehead atoms. The maximum atomic E-state index is 14.6. The molecule has 38 heteroatoms. The van der Waals surface area contributed by atoms with E-state index in [1.54, 1.807) is 118 Å². The number of amides is 1. The van der Waals surface area contributed by atoms with Gasteiger partial charge in [-0.15, -0.1) is 34.0 Å². The predicted octanol–water partition coefficient (Wildman–Crippen LogP) is 18.2. The smallest absolute Gasteiger partial charge is 0.355 e. The highest BCUT2D eigenvalue weighted by Gasteiger charge is 2.35. The fraction of sp³-hybridized carbons (Fsp3) is 0.125. The number of carbonyl (C=O) groups excluding carboxylic acids is 3. The number of nitrogen functional groups attached to an aromatic ring is 1. The zero-order valence-electron chi connectivity index (χ0n) is 71.0. The molecule has 0 aliphatic rings. The van der Waals surface area contributed by atoms with E-state index >= 15 is 0 Å². The number of nitrogens with zero attached hydrogens (tertiary/aromatic N) is 8. The molecular formula is C96H72F6N14O14S4. The molecule has 134 heavy (non-hydrogen) atoms. The summed E-state index contributed by atoms with van der Waals surface area (Å²) in [5.41, 5.74) is 16.2. The summed E-state index contributed by atoms with van der Waals surface area (Å²) in [6, 6.07) is 40.6. The number of sulfonamides is 1. The highest BCUT2D eigenvalue weighted by atomic mass is 32.2. The van der Waals surface area contributed by atoms with Gasteiger partial charge in [-0.25, -0.2) is 73.8 Å². The van der Waals surface area contributed by atoms with Crippen LogP contribution in [0.5, 0.6) is 0 Å². The van der Waals surface area contributed by atoms with Crippen LogP contribution in [0, 0.1) is 41.8 Å². The number of esters is 2. The van der Waals surface area contributed by atoms with Crippen molar-refractivity contribution in [3.05, 3.63) is 344 Å². The first-order valence-electron chi connectivity index (χ1n) is 41.1. The average molecular weight is 1890 g/mol. The molecular weight excluding hydrogens is 1820 g/mol. The maximum Gasteiger partial charge on any atom is 0.355 e. The molecule has 0 saturated carbocycles. The first-order chi connectivity index (χ1) is 64.5. The minimum atomic E-state index is -3.89. The van der Waals surface area contributed by atoms with Crippen LogP contribution >= 0.6 is 34.0 Å². The first-order valence-corrected chi connectivity index (χ1v) is 45.6. The van der Waals surface area contributed by atoms with E-state index in [2.05, 4.69) is 44.6 Å². The summed E-state index contributed by atoms with van der Waals surface area (Å²) in [5, 5.41) is 14.0. The van der Waals surface area contributed by atoms with Crippen LogP contribution in [0.4, 0.5) is 32.2 Å². The van der Waals surface area contributed by atoms with Crippen LogP contribution in [0.2, 0.25) is 0 Å². The molecule has 20 aromatic rings. The summed E-state index contributed by atoms with van der Waals surface area (Å²) in [4.78, 5) is 132. The summed E-state index contributed by atoms with van der Waals surface area (Å²) in [7, 11) is -3.89. The van der Waals surface area contributed by atoms with Gasteiger partial charge in [0.2, 0.25) is 10.0 Å². The van der Waals surface area contributed by atoms with E-state index in [0.29, 0.717) is 94.7 Å². The van der Waals surface area contributed by atoms with E-state index in [9.17, 15) is 78.2 Å². The molecule has 8 N–H and O–H groups in total. The van der Waals surface area contributed by atoms with Gasteiger partial charge in [0.15, 0.2) is 0 Å². The average Bonchev–Trinajstić information content (AvgIpc) is 1.58. The highest BCUT2D eigenvalue weighted by molar-refractivity contribution is 7.89. The number of hydrogen-bond donors (Lipinski definition) is 7. The van der Waals surface area contributed by atoms with Crippen LogP contribution in [0.1, 0.15) is 95.5 Å². The third-order valence-corrected chi connectivity index (χ3v) is 25.3. The van der Waals surface area contributed by atoms with E-state index in [4.69, 9.17) is 19.6 Å². The Morgan fingerprint density at radius 1 is 0.485 bits per heavy atom. The van der Waals surface area contributed by atoms with Crippen molar-refractivity contribution in [1.82, 2.24) is 62.9 Å². The number of benzene rings is 7. The van der Waals surface area contributed by atoms with Crippen molar-refractivity contribution in [3.63, 3.8) is 0 Å². The molecule has 676 valence electrons. The number of nitrogens with one attached hydrogen (secondary N) is 5. The lowest BCUT2D eigenvalue weighted by molar-refractivity contribution is 0.0506. The Bertz CT molecular complexity index is 8550. The number of nitrogens with two attached hydrogens (primary N) is 1. The van der Waals surface area contributed by atoms with Gasteiger partial charge in [-0.05, 0) is 178 Å². The van der Waals surface area contributed by atoms with E-state index in [1.165, 1.54) is 87.6 Å². The molecule has 0 unspecified atom stereocenters. The van der Waals surface area contributed by atoms with Crippen LogP contribution in [-0.4, -0.2) is 115 Å². The van der Waals surface area contributed by atoms with Gasteiger partial charge in [0.05, 0.1) is 142 Å². The molecule has 1 amide bonds. The molecule has 0 radical (unpaired) electrons. The Balaban J connectivity index is 0.000000124. The van der Waals surface area contributed by atoms with Gasteiger partial charge in [-0.3, -0.25) is 24.0 Å². The first kappa shape index (κ1) is 90.0. The molecule has 7 aromatic carbocycles. The molecule has 13 aromatic heterocycles. The number of carboxylic acids is 1. The lowest BCUT2D eigenvalue weighted by Crippen LogP contribution is -2.31. The number of hydrogen-bond acceptors (Lipinski definition) is 21. The number of aromatic carboxylic acids is 1. The maximum absolute atomic E-state index is 14.6. The van der Waals surface area contributed by atoms with E-state index in [-0.39, 0.29) is 118 Å².